The average Bonchev–Trinajstić information content (AvgIpc) is 2.71. The van der Waals surface area contributed by atoms with Crippen molar-refractivity contribution >= 4 is 28.3 Å². The van der Waals surface area contributed by atoms with Gasteiger partial charge in [0.2, 0.25) is 0 Å². The van der Waals surface area contributed by atoms with E-state index in [2.05, 4.69) is 5.32 Å². The molecule has 0 fully saturated rings. The first kappa shape index (κ1) is 18.5. The zero-order valence-corrected chi connectivity index (χ0v) is 15.3. The van der Waals surface area contributed by atoms with Crippen LogP contribution in [0.25, 0.3) is 10.8 Å². The molecule has 3 rings (SSSR count). The number of hydrogen-bond donors (Lipinski definition) is 1. The van der Waals surface area contributed by atoms with Gasteiger partial charge in [0, 0.05) is 5.39 Å². The highest BCUT2D eigenvalue weighted by molar-refractivity contribution is 6.02. The smallest absolute Gasteiger partial charge is 0.339 e. The number of hydrogen-bond acceptors (Lipinski definition) is 4. The maximum absolute atomic E-state index is 12.8. The first-order valence-electron chi connectivity index (χ1n) is 8.76. The topological polar surface area (TPSA) is 64.6 Å². The summed E-state index contributed by atoms with van der Waals surface area (Å²) < 4.78 is 10.8. The zero-order chi connectivity index (χ0) is 19.2. The lowest BCUT2D eigenvalue weighted by atomic mass is 10.1. The van der Waals surface area contributed by atoms with Gasteiger partial charge in [-0.25, -0.2) is 4.79 Å². The molecule has 27 heavy (non-hydrogen) atoms. The Labute approximate surface area is 157 Å². The first-order valence-corrected chi connectivity index (χ1v) is 8.76. The minimum atomic E-state index is -0.693. The molecule has 138 valence electrons. The van der Waals surface area contributed by atoms with Crippen LogP contribution in [-0.4, -0.2) is 25.1 Å². The molecule has 1 atom stereocenters. The molecule has 1 unspecified atom stereocenters. The SMILES string of the molecule is CCC(Oc1cccc2ccccc12)C(=O)Nc1ccccc1C(=O)OC. The largest absolute Gasteiger partial charge is 0.480 e. The molecule has 1 amide bonds. The van der Waals surface area contributed by atoms with E-state index in [-0.39, 0.29) is 5.91 Å². The maximum Gasteiger partial charge on any atom is 0.339 e. The Morgan fingerprint density at radius 2 is 1.67 bits per heavy atom. The van der Waals surface area contributed by atoms with Gasteiger partial charge in [-0.2, -0.15) is 0 Å². The van der Waals surface area contributed by atoms with Crippen LogP contribution in [0.15, 0.2) is 66.7 Å². The number of fused-ring (bicyclic) bond motifs is 1. The fraction of sp³-hybridized carbons (Fsp3) is 0.182. The minimum absolute atomic E-state index is 0.299. The first-order chi connectivity index (χ1) is 13.1. The summed E-state index contributed by atoms with van der Waals surface area (Å²) in [5, 5.41) is 4.77. The second kappa shape index (κ2) is 8.36. The van der Waals surface area contributed by atoms with Crippen LogP contribution in [0.4, 0.5) is 5.69 Å². The third-order valence-electron chi connectivity index (χ3n) is 4.27. The van der Waals surface area contributed by atoms with E-state index in [0.717, 1.165) is 10.8 Å². The van der Waals surface area contributed by atoms with Crippen LogP contribution >= 0.6 is 0 Å². The molecule has 5 heteroatoms. The molecule has 0 spiro atoms. The second-order valence-corrected chi connectivity index (χ2v) is 6.02. The molecule has 3 aromatic rings. The average molecular weight is 363 g/mol. The van der Waals surface area contributed by atoms with E-state index in [1.165, 1.54) is 7.11 Å². The lowest BCUT2D eigenvalue weighted by molar-refractivity contribution is -0.122. The summed E-state index contributed by atoms with van der Waals surface area (Å²) in [7, 11) is 1.30. The molecule has 0 radical (unpaired) electrons. The van der Waals surface area contributed by atoms with Crippen molar-refractivity contribution in [2.75, 3.05) is 12.4 Å². The van der Waals surface area contributed by atoms with E-state index in [1.54, 1.807) is 24.3 Å². The fourth-order valence-electron chi connectivity index (χ4n) is 2.87. The van der Waals surface area contributed by atoms with E-state index in [9.17, 15) is 9.59 Å². The van der Waals surface area contributed by atoms with Crippen molar-refractivity contribution in [3.63, 3.8) is 0 Å². The van der Waals surface area contributed by atoms with E-state index in [4.69, 9.17) is 9.47 Å². The molecule has 0 saturated heterocycles. The molecule has 0 saturated carbocycles. The van der Waals surface area contributed by atoms with Gasteiger partial charge in [-0.05, 0) is 30.0 Å². The second-order valence-electron chi connectivity index (χ2n) is 6.02. The van der Waals surface area contributed by atoms with Gasteiger partial charge in [-0.3, -0.25) is 4.79 Å². The van der Waals surface area contributed by atoms with Crippen molar-refractivity contribution in [3.05, 3.63) is 72.3 Å². The number of carbonyl (C=O) groups is 2. The summed E-state index contributed by atoms with van der Waals surface area (Å²) in [6.45, 7) is 1.88. The number of amides is 1. The molecule has 0 heterocycles. The highest BCUT2D eigenvalue weighted by Gasteiger charge is 2.21. The molecule has 3 aromatic carbocycles. The summed E-state index contributed by atoms with van der Waals surface area (Å²) >= 11 is 0. The molecule has 5 nitrogen and oxygen atoms in total. The number of rotatable bonds is 6. The van der Waals surface area contributed by atoms with Gasteiger partial charge in [0.15, 0.2) is 6.10 Å². The summed E-state index contributed by atoms with van der Waals surface area (Å²) in [5.41, 5.74) is 0.697. The number of ether oxygens (including phenoxy) is 2. The lowest BCUT2D eigenvalue weighted by Gasteiger charge is -2.19. The number of para-hydroxylation sites is 1. The number of benzene rings is 3. The highest BCUT2D eigenvalue weighted by atomic mass is 16.5. The van der Waals surface area contributed by atoms with E-state index in [1.807, 2.05) is 49.4 Å². The summed E-state index contributed by atoms with van der Waals surface area (Å²) in [6.07, 6.45) is -0.211. The van der Waals surface area contributed by atoms with Crippen LogP contribution in [0.1, 0.15) is 23.7 Å². The van der Waals surface area contributed by atoms with Gasteiger partial charge in [0.1, 0.15) is 5.75 Å². The Kier molecular flexibility index (Phi) is 5.71. The highest BCUT2D eigenvalue weighted by Crippen LogP contribution is 2.27. The number of nitrogens with one attached hydrogen (secondary N) is 1. The standard InChI is InChI=1S/C22H21NO4/c1-3-19(27-20-14-8-10-15-9-4-5-11-16(15)20)21(24)23-18-13-7-6-12-17(18)22(25)26-2/h4-14,19H,3H2,1-2H3,(H,23,24). The molecule has 0 aliphatic heterocycles. The number of esters is 1. The molecule has 1 N–H and O–H groups in total. The molecule has 0 aliphatic carbocycles. The Balaban J connectivity index is 1.82. The minimum Gasteiger partial charge on any atom is -0.480 e. The van der Waals surface area contributed by atoms with E-state index >= 15 is 0 Å². The summed E-state index contributed by atoms with van der Waals surface area (Å²) in [6, 6.07) is 20.3. The van der Waals surface area contributed by atoms with E-state index < -0.39 is 12.1 Å². The van der Waals surface area contributed by atoms with Crippen molar-refractivity contribution in [2.24, 2.45) is 0 Å². The van der Waals surface area contributed by atoms with Gasteiger partial charge >= 0.3 is 5.97 Å². The van der Waals surface area contributed by atoms with Crippen LogP contribution in [0.5, 0.6) is 5.75 Å². The van der Waals surface area contributed by atoms with Crippen LogP contribution in [0, 0.1) is 0 Å². The lowest BCUT2D eigenvalue weighted by Crippen LogP contribution is -2.33. The third kappa shape index (κ3) is 4.08. The molecular weight excluding hydrogens is 342 g/mol. The molecule has 0 aromatic heterocycles. The number of anilines is 1. The van der Waals surface area contributed by atoms with Crippen LogP contribution in [0.2, 0.25) is 0 Å². The number of methoxy groups -OCH3 is 1. The predicted octanol–water partition coefficient (Wildman–Crippen LogP) is 4.42. The Morgan fingerprint density at radius 3 is 2.44 bits per heavy atom. The van der Waals surface area contributed by atoms with Crippen LogP contribution < -0.4 is 10.1 Å². The van der Waals surface area contributed by atoms with Crippen LogP contribution in [0.3, 0.4) is 0 Å². The molecule has 0 aliphatic rings. The Bertz CT molecular complexity index is 962. The zero-order valence-electron chi connectivity index (χ0n) is 15.3. The van der Waals surface area contributed by atoms with Crippen molar-refractivity contribution in [2.45, 2.75) is 19.4 Å². The summed E-state index contributed by atoms with van der Waals surface area (Å²) in [4.78, 5) is 24.6. The molecular formula is C22H21NO4. The van der Waals surface area contributed by atoms with Crippen molar-refractivity contribution in [1.82, 2.24) is 0 Å². The van der Waals surface area contributed by atoms with Crippen LogP contribution in [-0.2, 0) is 9.53 Å². The van der Waals surface area contributed by atoms with Crippen molar-refractivity contribution in [1.29, 1.82) is 0 Å². The van der Waals surface area contributed by atoms with Gasteiger partial charge in [0.05, 0.1) is 18.4 Å². The number of carbonyl (C=O) groups excluding carboxylic acids is 2. The van der Waals surface area contributed by atoms with Gasteiger partial charge in [-0.15, -0.1) is 0 Å². The molecule has 0 bridgehead atoms. The monoisotopic (exact) mass is 363 g/mol. The quantitative estimate of drug-likeness (QED) is 0.658. The van der Waals surface area contributed by atoms with Gasteiger partial charge in [0.25, 0.3) is 5.91 Å². The van der Waals surface area contributed by atoms with Crippen molar-refractivity contribution in [3.8, 4) is 5.75 Å². The maximum atomic E-state index is 12.8. The third-order valence-corrected chi connectivity index (χ3v) is 4.27. The van der Waals surface area contributed by atoms with E-state index in [0.29, 0.717) is 23.4 Å². The Morgan fingerprint density at radius 1 is 0.963 bits per heavy atom. The van der Waals surface area contributed by atoms with Gasteiger partial charge in [-0.1, -0.05) is 55.5 Å². The Hall–Kier alpha value is -3.34. The fourth-order valence-corrected chi connectivity index (χ4v) is 2.87. The summed E-state index contributed by atoms with van der Waals surface area (Å²) in [5.74, 6) is -0.174. The predicted molar refractivity (Wildman–Crippen MR) is 105 cm³/mol. The van der Waals surface area contributed by atoms with Crippen molar-refractivity contribution < 1.29 is 19.1 Å². The normalized spacial score (nSPS) is 11.6. The van der Waals surface area contributed by atoms with Gasteiger partial charge < -0.3 is 14.8 Å².